The summed E-state index contributed by atoms with van der Waals surface area (Å²) in [5, 5.41) is 5.82. The van der Waals surface area contributed by atoms with E-state index in [1.54, 1.807) is 0 Å². The van der Waals surface area contributed by atoms with Crippen molar-refractivity contribution in [1.82, 2.24) is 20.2 Å². The Morgan fingerprint density at radius 1 is 1.11 bits per heavy atom. The standard InChI is InChI=1S/C22H26N4O2/c1-16-8-10-18(11-9-16)20(25-17(2)27)14-22(28)23-12-5-13-26-15-24-19-6-3-4-7-21(19)26/h3-4,6-11,15,20H,5,12-14H2,1-2H3,(H,23,28)(H,25,27)/t20-/m1/s1. The van der Waals surface area contributed by atoms with Crippen LogP contribution < -0.4 is 10.6 Å². The SMILES string of the molecule is CC(=O)N[C@H](CC(=O)NCCCn1cnc2ccccc21)c1ccc(C)cc1. The number of hydrogen-bond donors (Lipinski definition) is 2. The Morgan fingerprint density at radius 3 is 2.61 bits per heavy atom. The van der Waals surface area contributed by atoms with Crippen molar-refractivity contribution < 1.29 is 9.59 Å². The summed E-state index contributed by atoms with van der Waals surface area (Å²) in [6.45, 7) is 4.84. The molecule has 1 heterocycles. The molecule has 0 aliphatic rings. The Kier molecular flexibility index (Phi) is 6.42. The van der Waals surface area contributed by atoms with E-state index in [-0.39, 0.29) is 24.3 Å². The summed E-state index contributed by atoms with van der Waals surface area (Å²) in [5.74, 6) is -0.222. The first kappa shape index (κ1) is 19.6. The molecule has 146 valence electrons. The van der Waals surface area contributed by atoms with Crippen molar-refractivity contribution in [2.75, 3.05) is 6.54 Å². The van der Waals surface area contributed by atoms with Crippen molar-refractivity contribution in [2.45, 2.75) is 39.3 Å². The van der Waals surface area contributed by atoms with Gasteiger partial charge in [-0.25, -0.2) is 4.98 Å². The average molecular weight is 378 g/mol. The summed E-state index contributed by atoms with van der Waals surface area (Å²) in [5.41, 5.74) is 4.14. The molecule has 1 atom stereocenters. The number of aromatic nitrogens is 2. The summed E-state index contributed by atoms with van der Waals surface area (Å²) in [6, 6.07) is 15.5. The second kappa shape index (κ2) is 9.17. The molecule has 2 aromatic carbocycles. The van der Waals surface area contributed by atoms with Crippen LogP contribution in [-0.4, -0.2) is 27.9 Å². The second-order valence-corrected chi connectivity index (χ2v) is 7.00. The molecule has 0 saturated carbocycles. The lowest BCUT2D eigenvalue weighted by molar-refractivity contribution is -0.122. The number of imidazole rings is 1. The molecule has 2 N–H and O–H groups in total. The summed E-state index contributed by atoms with van der Waals surface area (Å²) >= 11 is 0. The molecule has 2 amide bonds. The number of carbonyl (C=O) groups is 2. The molecule has 6 nitrogen and oxygen atoms in total. The van der Waals surface area contributed by atoms with Gasteiger partial charge in [-0.05, 0) is 31.0 Å². The Balaban J connectivity index is 1.50. The highest BCUT2D eigenvalue weighted by Crippen LogP contribution is 2.17. The van der Waals surface area contributed by atoms with E-state index < -0.39 is 0 Å². The zero-order valence-corrected chi connectivity index (χ0v) is 16.3. The fourth-order valence-corrected chi connectivity index (χ4v) is 3.22. The van der Waals surface area contributed by atoms with Gasteiger partial charge < -0.3 is 15.2 Å². The number of nitrogens with zero attached hydrogens (tertiary/aromatic N) is 2. The fraction of sp³-hybridized carbons (Fsp3) is 0.318. The number of benzene rings is 2. The monoisotopic (exact) mass is 378 g/mol. The Hall–Kier alpha value is -3.15. The van der Waals surface area contributed by atoms with Gasteiger partial charge >= 0.3 is 0 Å². The van der Waals surface area contributed by atoms with Crippen molar-refractivity contribution in [2.24, 2.45) is 0 Å². The van der Waals surface area contributed by atoms with E-state index in [1.165, 1.54) is 6.92 Å². The minimum atomic E-state index is -0.323. The third-order valence-corrected chi connectivity index (χ3v) is 4.67. The number of fused-ring (bicyclic) bond motifs is 1. The molecular weight excluding hydrogens is 352 g/mol. The summed E-state index contributed by atoms with van der Waals surface area (Å²) < 4.78 is 2.09. The predicted octanol–water partition coefficient (Wildman–Crippen LogP) is 3.12. The van der Waals surface area contributed by atoms with Crippen LogP contribution in [0.4, 0.5) is 0 Å². The van der Waals surface area contributed by atoms with E-state index in [1.807, 2.05) is 61.8 Å². The van der Waals surface area contributed by atoms with Crippen molar-refractivity contribution in [3.05, 3.63) is 66.0 Å². The number of para-hydroxylation sites is 2. The quantitative estimate of drug-likeness (QED) is 0.591. The average Bonchev–Trinajstić information content (AvgIpc) is 3.08. The van der Waals surface area contributed by atoms with E-state index in [0.717, 1.165) is 35.1 Å². The molecule has 0 spiro atoms. The van der Waals surface area contributed by atoms with Gasteiger partial charge in [0.25, 0.3) is 0 Å². The van der Waals surface area contributed by atoms with Crippen molar-refractivity contribution >= 4 is 22.8 Å². The molecule has 0 aliphatic heterocycles. The number of rotatable bonds is 8. The van der Waals surface area contributed by atoms with E-state index in [4.69, 9.17) is 0 Å². The van der Waals surface area contributed by atoms with Gasteiger partial charge in [0.1, 0.15) is 0 Å². The summed E-state index contributed by atoms with van der Waals surface area (Å²) in [7, 11) is 0. The Labute approximate surface area is 165 Å². The third kappa shape index (κ3) is 5.19. The van der Waals surface area contributed by atoms with Crippen LogP contribution in [0.5, 0.6) is 0 Å². The number of carbonyl (C=O) groups excluding carboxylic acids is 2. The van der Waals surface area contributed by atoms with Crippen molar-refractivity contribution in [3.8, 4) is 0 Å². The van der Waals surface area contributed by atoms with Gasteiger partial charge in [0.2, 0.25) is 11.8 Å². The lowest BCUT2D eigenvalue weighted by atomic mass is 10.0. The van der Waals surface area contributed by atoms with Crippen LogP contribution in [0.25, 0.3) is 11.0 Å². The minimum Gasteiger partial charge on any atom is -0.356 e. The second-order valence-electron chi connectivity index (χ2n) is 7.00. The van der Waals surface area contributed by atoms with Crippen LogP contribution in [0.3, 0.4) is 0 Å². The highest BCUT2D eigenvalue weighted by Gasteiger charge is 2.16. The van der Waals surface area contributed by atoms with Gasteiger partial charge in [0, 0.05) is 20.0 Å². The molecule has 0 unspecified atom stereocenters. The molecular formula is C22H26N4O2. The minimum absolute atomic E-state index is 0.0742. The van der Waals surface area contributed by atoms with Crippen molar-refractivity contribution in [1.29, 1.82) is 0 Å². The lowest BCUT2D eigenvalue weighted by Gasteiger charge is -2.18. The number of amides is 2. The maximum absolute atomic E-state index is 12.4. The maximum Gasteiger partial charge on any atom is 0.222 e. The molecule has 1 aromatic heterocycles. The topological polar surface area (TPSA) is 76.0 Å². The van der Waals surface area contributed by atoms with Gasteiger partial charge in [-0.15, -0.1) is 0 Å². The highest BCUT2D eigenvalue weighted by atomic mass is 16.2. The summed E-state index contributed by atoms with van der Waals surface area (Å²) in [6.07, 6.45) is 2.86. The van der Waals surface area contributed by atoms with Gasteiger partial charge in [0.15, 0.2) is 0 Å². The van der Waals surface area contributed by atoms with Crippen LogP contribution in [-0.2, 0) is 16.1 Å². The molecule has 3 rings (SSSR count). The number of hydrogen-bond acceptors (Lipinski definition) is 3. The molecule has 0 fully saturated rings. The van der Waals surface area contributed by atoms with Gasteiger partial charge in [-0.1, -0.05) is 42.0 Å². The van der Waals surface area contributed by atoms with Crippen LogP contribution in [0.1, 0.15) is 36.9 Å². The molecule has 6 heteroatoms. The first-order chi connectivity index (χ1) is 13.5. The zero-order chi connectivity index (χ0) is 19.9. The Morgan fingerprint density at radius 2 is 1.86 bits per heavy atom. The zero-order valence-electron chi connectivity index (χ0n) is 16.3. The first-order valence-corrected chi connectivity index (χ1v) is 9.53. The van der Waals surface area contributed by atoms with Crippen LogP contribution in [0.2, 0.25) is 0 Å². The van der Waals surface area contributed by atoms with Crippen molar-refractivity contribution in [3.63, 3.8) is 0 Å². The smallest absolute Gasteiger partial charge is 0.222 e. The molecule has 0 aliphatic carbocycles. The predicted molar refractivity (Wildman–Crippen MR) is 110 cm³/mol. The number of nitrogens with one attached hydrogen (secondary N) is 2. The van der Waals surface area contributed by atoms with Gasteiger partial charge in [-0.2, -0.15) is 0 Å². The molecule has 0 saturated heterocycles. The summed E-state index contributed by atoms with van der Waals surface area (Å²) in [4.78, 5) is 28.3. The third-order valence-electron chi connectivity index (χ3n) is 4.67. The van der Waals surface area contributed by atoms with Crippen LogP contribution in [0.15, 0.2) is 54.9 Å². The fourth-order valence-electron chi connectivity index (χ4n) is 3.22. The largest absolute Gasteiger partial charge is 0.356 e. The van der Waals surface area contributed by atoms with E-state index in [0.29, 0.717) is 6.54 Å². The maximum atomic E-state index is 12.4. The normalized spacial score (nSPS) is 11.9. The van der Waals surface area contributed by atoms with E-state index in [9.17, 15) is 9.59 Å². The van der Waals surface area contributed by atoms with Gasteiger partial charge in [-0.3, -0.25) is 9.59 Å². The molecule has 3 aromatic rings. The highest BCUT2D eigenvalue weighted by molar-refractivity contribution is 5.79. The Bertz CT molecular complexity index is 947. The van der Waals surface area contributed by atoms with Gasteiger partial charge in [0.05, 0.1) is 29.8 Å². The van der Waals surface area contributed by atoms with E-state index in [2.05, 4.69) is 20.2 Å². The molecule has 0 radical (unpaired) electrons. The van der Waals surface area contributed by atoms with Crippen LogP contribution in [0, 0.1) is 6.92 Å². The first-order valence-electron chi connectivity index (χ1n) is 9.53. The van der Waals surface area contributed by atoms with Crippen LogP contribution >= 0.6 is 0 Å². The number of aryl methyl sites for hydroxylation is 2. The lowest BCUT2D eigenvalue weighted by Crippen LogP contribution is -2.33. The molecule has 28 heavy (non-hydrogen) atoms. The molecule has 0 bridgehead atoms. The van der Waals surface area contributed by atoms with E-state index >= 15 is 0 Å².